The van der Waals surface area contributed by atoms with E-state index >= 15 is 0 Å². The van der Waals surface area contributed by atoms with Gasteiger partial charge in [0.15, 0.2) is 0 Å². The first-order valence-corrected chi connectivity index (χ1v) is 22.5. The summed E-state index contributed by atoms with van der Waals surface area (Å²) in [5.74, 6) is 1.29. The minimum absolute atomic E-state index is 0.647. The summed E-state index contributed by atoms with van der Waals surface area (Å²) in [5, 5.41) is 7.17. The fourth-order valence-corrected chi connectivity index (χ4v) is 10.1. The van der Waals surface area contributed by atoms with Crippen LogP contribution in [0, 0.1) is 13.8 Å². The van der Waals surface area contributed by atoms with Gasteiger partial charge in [-0.05, 0) is 47.5 Å². The lowest BCUT2D eigenvalue weighted by molar-refractivity contribution is 0.480. The molecule has 7 nitrogen and oxygen atoms in total. The van der Waals surface area contributed by atoms with Crippen molar-refractivity contribution in [2.75, 3.05) is 0 Å². The van der Waals surface area contributed by atoms with E-state index < -0.39 is 16.1 Å². The molecule has 0 saturated heterocycles. The number of imidazole rings is 2. The zero-order valence-electron chi connectivity index (χ0n) is 27.0. The summed E-state index contributed by atoms with van der Waals surface area (Å²) in [7, 11) is -3.36. The highest BCUT2D eigenvalue weighted by atomic mass is 28.3. The van der Waals surface area contributed by atoms with Gasteiger partial charge in [0.05, 0.1) is 50.6 Å². The quantitative estimate of drug-likeness (QED) is 0.147. The van der Waals surface area contributed by atoms with Crippen LogP contribution in [0.4, 0.5) is 0 Å². The summed E-state index contributed by atoms with van der Waals surface area (Å²) < 4.78 is 10.9. The number of pyridine rings is 4. The van der Waals surface area contributed by atoms with Gasteiger partial charge >= 0.3 is 0 Å². The van der Waals surface area contributed by atoms with E-state index in [4.69, 9.17) is 24.7 Å². The number of rotatable bonds is 4. The molecule has 0 aliphatic rings. The van der Waals surface area contributed by atoms with Crippen molar-refractivity contribution in [3.8, 4) is 11.5 Å². The molecule has 0 aliphatic carbocycles. The zero-order valence-corrected chi connectivity index (χ0v) is 29.0. The predicted octanol–water partition coefficient (Wildman–Crippen LogP) is 7.88. The number of benzene rings is 2. The van der Waals surface area contributed by atoms with E-state index in [-0.39, 0.29) is 0 Å². The van der Waals surface area contributed by atoms with Crippen LogP contribution in [0.25, 0.3) is 54.9 Å². The molecule has 0 spiro atoms. The van der Waals surface area contributed by atoms with E-state index in [1.807, 2.05) is 24.8 Å². The van der Waals surface area contributed by atoms with Crippen molar-refractivity contribution in [3.05, 3.63) is 84.7 Å². The first-order valence-electron chi connectivity index (χ1n) is 15.5. The summed E-state index contributed by atoms with van der Waals surface area (Å²) in [5.41, 5.74) is 8.48. The molecular weight excluding hydrogens is 589 g/mol. The molecule has 0 bridgehead atoms. The highest BCUT2D eigenvalue weighted by molar-refractivity contribution is 6.91. The van der Waals surface area contributed by atoms with Gasteiger partial charge in [-0.1, -0.05) is 63.5 Å². The van der Waals surface area contributed by atoms with Gasteiger partial charge in [-0.15, -0.1) is 0 Å². The Bertz CT molecular complexity index is 2340. The van der Waals surface area contributed by atoms with E-state index in [1.54, 1.807) is 0 Å². The van der Waals surface area contributed by atoms with Gasteiger partial charge in [0.25, 0.3) is 0 Å². The number of ether oxygens (including phenoxy) is 1. The number of fused-ring (bicyclic) bond motifs is 12. The molecule has 8 rings (SSSR count). The molecule has 0 radical (unpaired) electrons. The van der Waals surface area contributed by atoms with Gasteiger partial charge in [-0.2, -0.15) is 0 Å². The normalized spacial score (nSPS) is 12.9. The lowest BCUT2D eigenvalue weighted by Gasteiger charge is -2.22. The van der Waals surface area contributed by atoms with Gasteiger partial charge < -0.3 is 4.74 Å². The molecule has 6 heterocycles. The van der Waals surface area contributed by atoms with Crippen LogP contribution in [-0.2, 0) is 0 Å². The van der Waals surface area contributed by atoms with E-state index in [0.29, 0.717) is 11.5 Å². The maximum atomic E-state index is 6.53. The minimum atomic E-state index is -1.68. The third-order valence-electron chi connectivity index (χ3n) is 9.05. The molecule has 224 valence electrons. The van der Waals surface area contributed by atoms with E-state index in [9.17, 15) is 0 Å². The van der Waals surface area contributed by atoms with Crippen molar-refractivity contribution in [2.45, 2.75) is 53.1 Å². The molecule has 9 heteroatoms. The summed E-state index contributed by atoms with van der Waals surface area (Å²) in [6.45, 7) is 18.7. The Kier molecular flexibility index (Phi) is 5.86. The second-order valence-corrected chi connectivity index (χ2v) is 24.4. The van der Waals surface area contributed by atoms with E-state index in [2.05, 4.69) is 111 Å². The average Bonchev–Trinajstić information content (AvgIpc) is 3.67. The summed E-state index contributed by atoms with van der Waals surface area (Å²) in [6.07, 6.45) is 11.5. The van der Waals surface area contributed by atoms with Gasteiger partial charge in [-0.3, -0.25) is 18.8 Å². The van der Waals surface area contributed by atoms with Crippen LogP contribution < -0.4 is 15.1 Å². The number of nitrogens with zero attached hydrogens (tertiary/aromatic N) is 6. The van der Waals surface area contributed by atoms with Crippen LogP contribution in [-0.4, -0.2) is 44.9 Å². The third-order valence-corrected chi connectivity index (χ3v) is 13.1. The number of hydrogen-bond donors (Lipinski definition) is 0. The third kappa shape index (κ3) is 4.14. The van der Waals surface area contributed by atoms with Crippen LogP contribution in [0.5, 0.6) is 11.5 Å². The Labute approximate surface area is 263 Å². The number of hydrogen-bond acceptors (Lipinski definition) is 5. The monoisotopic (exact) mass is 624 g/mol. The highest BCUT2D eigenvalue weighted by Gasteiger charge is 2.26. The predicted molar refractivity (Wildman–Crippen MR) is 192 cm³/mol. The standard InChI is InChI=1S/C36H36N6OSi2/c1-21-9-11-27(44(3,4)5)29-31-25(35-37-13-15-41(35)33(21)29)17-23(19-39-31)43-24-18-26-32(40-20-24)30-28(45(6,7)8)12-10-22(2)34(30)42-16-14-38-36(26)42/h9-20H,1-8H3. The van der Waals surface area contributed by atoms with Crippen molar-refractivity contribution >= 4 is 81.4 Å². The average molecular weight is 625 g/mol. The van der Waals surface area contributed by atoms with Crippen LogP contribution in [0.3, 0.4) is 0 Å². The summed E-state index contributed by atoms with van der Waals surface area (Å²) in [6, 6.07) is 13.2. The first kappa shape index (κ1) is 27.9. The molecule has 0 fully saturated rings. The molecule has 6 aromatic heterocycles. The summed E-state index contributed by atoms with van der Waals surface area (Å²) >= 11 is 0. The fourth-order valence-electron chi connectivity index (χ4n) is 6.99. The molecule has 45 heavy (non-hydrogen) atoms. The SMILES string of the molecule is Cc1ccc([Si](C)(C)C)c2c3ncc(Oc4cnc5c(c4)c4nccn4c4c(C)ccc([Si](C)(C)C)c54)cc3c3nccn3c12. The fraction of sp³-hybridized carbons (Fsp3) is 0.222. The van der Waals surface area contributed by atoms with Crippen molar-refractivity contribution in [3.63, 3.8) is 0 Å². The van der Waals surface area contributed by atoms with Gasteiger partial charge in [0.1, 0.15) is 22.8 Å². The number of aryl methyl sites for hydroxylation is 2. The molecule has 2 aromatic carbocycles. The second-order valence-electron chi connectivity index (χ2n) is 14.3. The van der Waals surface area contributed by atoms with E-state index in [1.165, 1.54) is 43.3 Å². The number of aromatic nitrogens is 6. The molecule has 0 unspecified atom stereocenters. The highest BCUT2D eigenvalue weighted by Crippen LogP contribution is 2.35. The zero-order chi connectivity index (χ0) is 31.4. The Morgan fingerprint density at radius 3 is 1.40 bits per heavy atom. The molecule has 0 atom stereocenters. The minimum Gasteiger partial charge on any atom is -0.454 e. The lowest BCUT2D eigenvalue weighted by Crippen LogP contribution is -2.38. The Balaban J connectivity index is 1.34. The molecular formula is C36H36N6OSi2. The van der Waals surface area contributed by atoms with Crippen molar-refractivity contribution < 1.29 is 4.74 Å². The Morgan fingerprint density at radius 1 is 0.578 bits per heavy atom. The maximum Gasteiger partial charge on any atom is 0.146 e. The molecule has 0 saturated carbocycles. The maximum absolute atomic E-state index is 6.53. The van der Waals surface area contributed by atoms with E-state index in [0.717, 1.165) is 33.1 Å². The lowest BCUT2D eigenvalue weighted by atomic mass is 10.1. The van der Waals surface area contributed by atoms with Crippen molar-refractivity contribution in [2.24, 2.45) is 0 Å². The Hall–Kier alpha value is -4.61. The summed E-state index contributed by atoms with van der Waals surface area (Å²) in [4.78, 5) is 19.7. The second kappa shape index (κ2) is 9.45. The van der Waals surface area contributed by atoms with Gasteiger partial charge in [0.2, 0.25) is 0 Å². The van der Waals surface area contributed by atoms with Crippen molar-refractivity contribution in [1.29, 1.82) is 0 Å². The van der Waals surface area contributed by atoms with Crippen molar-refractivity contribution in [1.82, 2.24) is 28.7 Å². The van der Waals surface area contributed by atoms with Crippen LogP contribution in [0.1, 0.15) is 11.1 Å². The molecule has 0 N–H and O–H groups in total. The molecule has 8 aromatic rings. The van der Waals surface area contributed by atoms with Crippen LogP contribution >= 0.6 is 0 Å². The van der Waals surface area contributed by atoms with Crippen LogP contribution in [0.2, 0.25) is 39.3 Å². The van der Waals surface area contributed by atoms with Crippen LogP contribution in [0.15, 0.2) is 73.6 Å². The first-order chi connectivity index (χ1) is 21.4. The van der Waals surface area contributed by atoms with Gasteiger partial charge in [-0.25, -0.2) is 9.97 Å². The molecule has 0 amide bonds. The topological polar surface area (TPSA) is 69.6 Å². The van der Waals surface area contributed by atoms with Gasteiger partial charge in [0, 0.05) is 46.3 Å². The smallest absolute Gasteiger partial charge is 0.146 e. The Morgan fingerprint density at radius 2 is 1.00 bits per heavy atom. The largest absolute Gasteiger partial charge is 0.454 e. The molecule has 0 aliphatic heterocycles.